The third-order valence-electron chi connectivity index (χ3n) is 4.57. The number of nitrogens with zero attached hydrogens (tertiary/aromatic N) is 4. The number of rotatable bonds is 3. The maximum Gasteiger partial charge on any atom is 0.132 e. The molecule has 0 unspecified atom stereocenters. The molecular formula is C19H16N4OS. The van der Waals surface area contributed by atoms with Gasteiger partial charge in [-0.15, -0.1) is 0 Å². The topological polar surface area (TPSA) is 50.6 Å². The Morgan fingerprint density at radius 1 is 1.00 bits per heavy atom. The molecule has 0 radical (unpaired) electrons. The van der Waals surface area contributed by atoms with Crippen molar-refractivity contribution in [3.05, 3.63) is 58.7 Å². The average Bonchev–Trinajstić information content (AvgIpc) is 3.18. The molecule has 2 aliphatic heterocycles. The Morgan fingerprint density at radius 3 is 2.76 bits per heavy atom. The number of aromatic nitrogens is 2. The summed E-state index contributed by atoms with van der Waals surface area (Å²) in [5.41, 5.74) is 6.48. The third kappa shape index (κ3) is 2.63. The van der Waals surface area contributed by atoms with Crippen LogP contribution in [0.15, 0.2) is 52.4 Å². The van der Waals surface area contributed by atoms with Crippen molar-refractivity contribution >= 4 is 28.6 Å². The zero-order valence-electron chi connectivity index (χ0n) is 13.6. The van der Waals surface area contributed by atoms with E-state index in [0.717, 1.165) is 54.8 Å². The van der Waals surface area contributed by atoms with Gasteiger partial charge >= 0.3 is 0 Å². The summed E-state index contributed by atoms with van der Waals surface area (Å²) in [6.07, 6.45) is 1.63. The van der Waals surface area contributed by atoms with Gasteiger partial charge in [0.25, 0.3) is 0 Å². The molecule has 2 aromatic heterocycles. The molecule has 3 aromatic rings. The summed E-state index contributed by atoms with van der Waals surface area (Å²) in [5, 5.41) is 4.27. The third-order valence-corrected chi connectivity index (χ3v) is 5.25. The lowest BCUT2D eigenvalue weighted by atomic mass is 9.95. The van der Waals surface area contributed by atoms with Crippen LogP contribution in [-0.4, -0.2) is 42.0 Å². The number of hydrogen-bond acceptors (Lipinski definition) is 6. The summed E-state index contributed by atoms with van der Waals surface area (Å²) in [6.45, 7) is 3.21. The van der Waals surface area contributed by atoms with Gasteiger partial charge in [0.15, 0.2) is 0 Å². The van der Waals surface area contributed by atoms with Gasteiger partial charge in [-0.3, -0.25) is 0 Å². The van der Waals surface area contributed by atoms with E-state index in [2.05, 4.69) is 54.9 Å². The zero-order valence-corrected chi connectivity index (χ0v) is 14.4. The lowest BCUT2D eigenvalue weighted by Gasteiger charge is -2.28. The molecule has 1 saturated heterocycles. The molecule has 2 aliphatic rings. The van der Waals surface area contributed by atoms with E-state index < -0.39 is 0 Å². The average molecular weight is 348 g/mol. The van der Waals surface area contributed by atoms with Crippen molar-refractivity contribution in [1.29, 1.82) is 0 Å². The Balaban J connectivity index is 1.46. The first-order chi connectivity index (χ1) is 12.4. The number of fused-ring (bicyclic) bond motifs is 1. The predicted octanol–water partition coefficient (Wildman–Crippen LogP) is 3.52. The number of benzene rings is 1. The van der Waals surface area contributed by atoms with Crippen molar-refractivity contribution in [3.8, 4) is 11.1 Å². The Kier molecular flexibility index (Phi) is 3.57. The summed E-state index contributed by atoms with van der Waals surface area (Å²) in [7, 11) is 0. The number of thiophene rings is 1. The van der Waals surface area contributed by atoms with Gasteiger partial charge in [0.1, 0.15) is 12.1 Å². The van der Waals surface area contributed by atoms with E-state index in [1.54, 1.807) is 17.7 Å². The van der Waals surface area contributed by atoms with Crippen molar-refractivity contribution in [1.82, 2.24) is 9.97 Å². The summed E-state index contributed by atoms with van der Waals surface area (Å²) in [6, 6.07) is 10.6. The van der Waals surface area contributed by atoms with Crippen LogP contribution in [0.5, 0.6) is 0 Å². The lowest BCUT2D eigenvalue weighted by Crippen LogP contribution is -2.37. The van der Waals surface area contributed by atoms with Gasteiger partial charge in [0, 0.05) is 24.7 Å². The van der Waals surface area contributed by atoms with Gasteiger partial charge in [-0.1, -0.05) is 6.07 Å². The van der Waals surface area contributed by atoms with E-state index in [0.29, 0.717) is 0 Å². The highest BCUT2D eigenvalue weighted by Crippen LogP contribution is 2.36. The Hall–Kier alpha value is -2.57. The molecule has 1 aromatic carbocycles. The molecule has 0 N–H and O–H groups in total. The quantitative estimate of drug-likeness (QED) is 0.568. The number of hydrogen-bond donors (Lipinski definition) is 0. The zero-order chi connectivity index (χ0) is 16.6. The van der Waals surface area contributed by atoms with Crippen LogP contribution in [0.4, 0.5) is 11.5 Å². The van der Waals surface area contributed by atoms with Gasteiger partial charge in [0.2, 0.25) is 0 Å². The Morgan fingerprint density at radius 2 is 1.92 bits per heavy atom. The van der Waals surface area contributed by atoms with Crippen LogP contribution in [0.2, 0.25) is 0 Å². The molecule has 1 fully saturated rings. The molecule has 0 saturated carbocycles. The van der Waals surface area contributed by atoms with Gasteiger partial charge in [-0.05, 0) is 40.1 Å². The molecule has 0 aliphatic carbocycles. The first-order valence-electron chi connectivity index (χ1n) is 8.29. The molecular weight excluding hydrogens is 332 g/mol. The maximum absolute atomic E-state index is 5.42. The summed E-state index contributed by atoms with van der Waals surface area (Å²) in [5.74, 6) is 0.943. The molecule has 0 spiro atoms. The number of morpholine rings is 1. The summed E-state index contributed by atoms with van der Waals surface area (Å²) >= 11 is 1.71. The number of ether oxygens (including phenoxy) is 1. The second kappa shape index (κ2) is 6.06. The number of aliphatic imine (C=N–C) groups is 1. The molecule has 0 bridgehead atoms. The van der Waals surface area contributed by atoms with Crippen molar-refractivity contribution in [2.24, 2.45) is 4.99 Å². The van der Waals surface area contributed by atoms with Crippen molar-refractivity contribution in [2.45, 2.75) is 0 Å². The monoisotopic (exact) mass is 348 g/mol. The van der Waals surface area contributed by atoms with E-state index in [-0.39, 0.29) is 0 Å². The second-order valence-electron chi connectivity index (χ2n) is 6.07. The molecule has 124 valence electrons. The fourth-order valence-corrected chi connectivity index (χ4v) is 3.86. The fourth-order valence-electron chi connectivity index (χ4n) is 3.20. The van der Waals surface area contributed by atoms with Gasteiger partial charge < -0.3 is 9.64 Å². The van der Waals surface area contributed by atoms with Crippen molar-refractivity contribution in [2.75, 3.05) is 31.2 Å². The highest BCUT2D eigenvalue weighted by atomic mass is 32.1. The summed E-state index contributed by atoms with van der Waals surface area (Å²) < 4.78 is 5.42. The minimum atomic E-state index is 0.743. The van der Waals surface area contributed by atoms with E-state index >= 15 is 0 Å². The molecule has 6 heteroatoms. The second-order valence-corrected chi connectivity index (χ2v) is 6.85. The van der Waals surface area contributed by atoms with Gasteiger partial charge in [-0.2, -0.15) is 11.3 Å². The minimum Gasteiger partial charge on any atom is -0.378 e. The Bertz CT molecular complexity index is 946. The van der Waals surface area contributed by atoms with Crippen molar-refractivity contribution in [3.63, 3.8) is 0 Å². The van der Waals surface area contributed by atoms with E-state index in [1.807, 2.05) is 6.07 Å². The van der Waals surface area contributed by atoms with E-state index in [4.69, 9.17) is 4.74 Å². The van der Waals surface area contributed by atoms with E-state index in [1.165, 1.54) is 11.1 Å². The van der Waals surface area contributed by atoms with Crippen molar-refractivity contribution < 1.29 is 4.74 Å². The SMILES string of the molecule is c1nc(C2=Nc3ccc(-c4ccsc4)cc32)cc(N2CCOCC2)n1. The molecule has 0 atom stereocenters. The Labute approximate surface area is 149 Å². The van der Waals surface area contributed by atoms with Crippen LogP contribution in [0.25, 0.3) is 11.1 Å². The minimum absolute atomic E-state index is 0.743. The smallest absolute Gasteiger partial charge is 0.132 e. The molecule has 0 amide bonds. The highest BCUT2D eigenvalue weighted by molar-refractivity contribution is 7.08. The normalized spacial score (nSPS) is 16.2. The first-order valence-corrected chi connectivity index (χ1v) is 9.23. The largest absolute Gasteiger partial charge is 0.378 e. The van der Waals surface area contributed by atoms with Crippen LogP contribution >= 0.6 is 11.3 Å². The van der Waals surface area contributed by atoms with Crippen LogP contribution in [0.1, 0.15) is 11.3 Å². The predicted molar refractivity (Wildman–Crippen MR) is 100 cm³/mol. The maximum atomic E-state index is 5.42. The molecule has 5 nitrogen and oxygen atoms in total. The van der Waals surface area contributed by atoms with Gasteiger partial charge in [0.05, 0.1) is 30.3 Å². The molecule has 25 heavy (non-hydrogen) atoms. The van der Waals surface area contributed by atoms with Crippen LogP contribution < -0.4 is 4.90 Å². The highest BCUT2D eigenvalue weighted by Gasteiger charge is 2.23. The molecule has 4 heterocycles. The van der Waals surface area contributed by atoms with E-state index in [9.17, 15) is 0 Å². The standard InChI is InChI=1S/C19H16N4OS/c1-2-16-15(9-13(1)14-3-8-25-11-14)19(22-16)17-10-18(21-12-20-17)23-4-6-24-7-5-23/h1-3,8-12H,4-7H2. The van der Waals surface area contributed by atoms with Gasteiger partial charge in [-0.25, -0.2) is 15.0 Å². The lowest BCUT2D eigenvalue weighted by molar-refractivity contribution is 0.122. The first kappa shape index (κ1) is 14.7. The van der Waals surface area contributed by atoms with Crippen LogP contribution in [0, 0.1) is 0 Å². The molecule has 5 rings (SSSR count). The van der Waals surface area contributed by atoms with Crippen LogP contribution in [0.3, 0.4) is 0 Å². The number of anilines is 1. The summed E-state index contributed by atoms with van der Waals surface area (Å²) in [4.78, 5) is 15.8. The van der Waals surface area contributed by atoms with Crippen LogP contribution in [-0.2, 0) is 4.74 Å². The fraction of sp³-hybridized carbons (Fsp3) is 0.211.